The number of aryl methyl sites for hydroxylation is 1. The Labute approximate surface area is 157 Å². The van der Waals surface area contributed by atoms with Crippen molar-refractivity contribution in [1.29, 1.82) is 5.26 Å². The molecular weight excluding hydrogens is 338 g/mol. The summed E-state index contributed by atoms with van der Waals surface area (Å²) in [5, 5.41) is 9.07. The third kappa shape index (κ3) is 4.93. The van der Waals surface area contributed by atoms with Gasteiger partial charge in [0, 0.05) is 12.7 Å². The van der Waals surface area contributed by atoms with Gasteiger partial charge in [0.15, 0.2) is 6.61 Å². The number of hydrogen-bond donors (Lipinski definition) is 0. The first-order valence-corrected chi connectivity index (χ1v) is 8.56. The van der Waals surface area contributed by atoms with E-state index in [9.17, 15) is 4.79 Å². The first kappa shape index (κ1) is 18.2. The third-order valence-corrected chi connectivity index (χ3v) is 3.99. The molecule has 0 radical (unpaired) electrons. The molecule has 0 bridgehead atoms. The summed E-state index contributed by atoms with van der Waals surface area (Å²) >= 11 is 0. The molecule has 0 saturated carbocycles. The van der Waals surface area contributed by atoms with E-state index < -0.39 is 5.91 Å². The predicted molar refractivity (Wildman–Crippen MR) is 102 cm³/mol. The Morgan fingerprint density at radius 2 is 1.81 bits per heavy atom. The number of hydrogen-bond acceptors (Lipinski definition) is 3. The number of para-hydroxylation sites is 1. The molecule has 1 aromatic heterocycles. The molecule has 0 fully saturated rings. The monoisotopic (exact) mass is 357 g/mol. The van der Waals surface area contributed by atoms with Crippen molar-refractivity contribution in [3.05, 3.63) is 95.1 Å². The van der Waals surface area contributed by atoms with Crippen molar-refractivity contribution < 1.29 is 9.53 Å². The fourth-order valence-electron chi connectivity index (χ4n) is 2.58. The molecule has 0 atom stereocenters. The van der Waals surface area contributed by atoms with Gasteiger partial charge in [-0.25, -0.2) is 0 Å². The number of aromatic nitrogens is 1. The highest BCUT2D eigenvalue weighted by Gasteiger charge is 2.06. The lowest BCUT2D eigenvalue weighted by atomic mass is 10.1. The number of amides is 1. The summed E-state index contributed by atoms with van der Waals surface area (Å²) < 4.78 is 7.37. The molecule has 0 unspecified atom stereocenters. The summed E-state index contributed by atoms with van der Waals surface area (Å²) in [4.78, 5) is 16.4. The molecular formula is C22H19N3O2. The molecule has 0 aliphatic heterocycles. The summed E-state index contributed by atoms with van der Waals surface area (Å²) in [6, 6.07) is 22.6. The second-order valence-corrected chi connectivity index (χ2v) is 6.07. The standard InChI is InChI=1S/C22H19N3O2/c1-17-9-11-18(12-10-17)15-25-13-5-4-8-21(25)24-22(26)16-27-20-7-3-2-6-19(20)14-23/h2-13H,15-16H2,1H3. The molecule has 0 N–H and O–H groups in total. The topological polar surface area (TPSA) is 67.4 Å². The maximum Gasteiger partial charge on any atom is 0.285 e. The van der Waals surface area contributed by atoms with Crippen LogP contribution in [0.2, 0.25) is 0 Å². The fraction of sp³-hybridized carbons (Fsp3) is 0.136. The molecule has 0 spiro atoms. The number of benzene rings is 2. The van der Waals surface area contributed by atoms with Crippen LogP contribution in [-0.2, 0) is 11.3 Å². The van der Waals surface area contributed by atoms with Crippen LogP contribution in [0.15, 0.2) is 77.9 Å². The van der Waals surface area contributed by atoms with Crippen LogP contribution in [-0.4, -0.2) is 17.1 Å². The zero-order chi connectivity index (χ0) is 19.1. The van der Waals surface area contributed by atoms with Crippen LogP contribution in [0.25, 0.3) is 0 Å². The van der Waals surface area contributed by atoms with Crippen LogP contribution in [0.5, 0.6) is 5.75 Å². The predicted octanol–water partition coefficient (Wildman–Crippen LogP) is 3.22. The lowest BCUT2D eigenvalue weighted by molar-refractivity contribution is -0.120. The summed E-state index contributed by atoms with van der Waals surface area (Å²) in [5.74, 6) is -0.0317. The number of carbonyl (C=O) groups excluding carboxylic acids is 1. The van der Waals surface area contributed by atoms with E-state index in [2.05, 4.69) is 29.3 Å². The SMILES string of the molecule is Cc1ccc(Cn2ccccc2=NC(=O)COc2ccccc2C#N)cc1. The molecule has 5 nitrogen and oxygen atoms in total. The van der Waals surface area contributed by atoms with Gasteiger partial charge < -0.3 is 9.30 Å². The first-order valence-electron chi connectivity index (χ1n) is 8.56. The van der Waals surface area contributed by atoms with Gasteiger partial charge in [-0.05, 0) is 36.8 Å². The summed E-state index contributed by atoms with van der Waals surface area (Å²) in [6.45, 7) is 2.44. The highest BCUT2D eigenvalue weighted by molar-refractivity contribution is 5.78. The zero-order valence-corrected chi connectivity index (χ0v) is 15.0. The van der Waals surface area contributed by atoms with Gasteiger partial charge in [0.25, 0.3) is 5.91 Å². The van der Waals surface area contributed by atoms with Crippen molar-refractivity contribution in [2.45, 2.75) is 13.5 Å². The van der Waals surface area contributed by atoms with Gasteiger partial charge in [-0.15, -0.1) is 0 Å². The summed E-state index contributed by atoms with van der Waals surface area (Å²) in [7, 11) is 0. The third-order valence-electron chi connectivity index (χ3n) is 3.99. The minimum atomic E-state index is -0.411. The molecule has 0 aliphatic rings. The number of nitriles is 1. The second kappa shape index (κ2) is 8.63. The van der Waals surface area contributed by atoms with Crippen molar-refractivity contribution in [1.82, 2.24) is 4.57 Å². The molecule has 1 amide bonds. The molecule has 1 heterocycles. The van der Waals surface area contributed by atoms with E-state index in [0.29, 0.717) is 23.3 Å². The van der Waals surface area contributed by atoms with E-state index in [0.717, 1.165) is 5.56 Å². The Balaban J connectivity index is 1.75. The fourth-order valence-corrected chi connectivity index (χ4v) is 2.58. The number of rotatable bonds is 5. The normalized spacial score (nSPS) is 11.0. The molecule has 2 aromatic carbocycles. The smallest absolute Gasteiger partial charge is 0.285 e. The van der Waals surface area contributed by atoms with Crippen LogP contribution in [0.3, 0.4) is 0 Å². The molecule has 0 saturated heterocycles. The van der Waals surface area contributed by atoms with Gasteiger partial charge in [-0.2, -0.15) is 10.3 Å². The molecule has 0 aliphatic carbocycles. The summed E-state index contributed by atoms with van der Waals surface area (Å²) in [5.41, 5.74) is 3.27. The van der Waals surface area contributed by atoms with Crippen LogP contribution in [0.1, 0.15) is 16.7 Å². The van der Waals surface area contributed by atoms with Crippen molar-refractivity contribution >= 4 is 5.91 Å². The van der Waals surface area contributed by atoms with E-state index in [1.54, 1.807) is 30.3 Å². The van der Waals surface area contributed by atoms with E-state index >= 15 is 0 Å². The largest absolute Gasteiger partial charge is 0.482 e. The molecule has 134 valence electrons. The Morgan fingerprint density at radius 3 is 2.59 bits per heavy atom. The minimum Gasteiger partial charge on any atom is -0.482 e. The zero-order valence-electron chi connectivity index (χ0n) is 15.0. The van der Waals surface area contributed by atoms with Crippen molar-refractivity contribution in [3.63, 3.8) is 0 Å². The van der Waals surface area contributed by atoms with Crippen molar-refractivity contribution in [2.24, 2.45) is 4.99 Å². The molecule has 3 rings (SSSR count). The van der Waals surface area contributed by atoms with E-state index in [-0.39, 0.29) is 6.61 Å². The van der Waals surface area contributed by atoms with Gasteiger partial charge in [0.05, 0.1) is 5.56 Å². The quantitative estimate of drug-likeness (QED) is 0.704. The molecule has 5 heteroatoms. The number of pyridine rings is 1. The molecule has 3 aromatic rings. The van der Waals surface area contributed by atoms with Crippen molar-refractivity contribution in [3.8, 4) is 11.8 Å². The maximum absolute atomic E-state index is 12.2. The average molecular weight is 357 g/mol. The highest BCUT2D eigenvalue weighted by Crippen LogP contribution is 2.16. The Hall–Kier alpha value is -3.65. The van der Waals surface area contributed by atoms with Crippen LogP contribution in [0, 0.1) is 18.3 Å². The highest BCUT2D eigenvalue weighted by atomic mass is 16.5. The van der Waals surface area contributed by atoms with E-state index in [1.165, 1.54) is 5.56 Å². The van der Waals surface area contributed by atoms with Gasteiger partial charge in [-0.3, -0.25) is 4.79 Å². The average Bonchev–Trinajstić information content (AvgIpc) is 2.70. The van der Waals surface area contributed by atoms with Crippen LogP contribution in [0.4, 0.5) is 0 Å². The Kier molecular flexibility index (Phi) is 5.80. The second-order valence-electron chi connectivity index (χ2n) is 6.07. The summed E-state index contributed by atoms with van der Waals surface area (Å²) in [6.07, 6.45) is 1.89. The number of carbonyl (C=O) groups is 1. The van der Waals surface area contributed by atoms with Gasteiger partial charge >= 0.3 is 0 Å². The van der Waals surface area contributed by atoms with Crippen LogP contribution < -0.4 is 10.2 Å². The van der Waals surface area contributed by atoms with Gasteiger partial charge in [0.2, 0.25) is 0 Å². The van der Waals surface area contributed by atoms with Crippen LogP contribution >= 0.6 is 0 Å². The van der Waals surface area contributed by atoms with E-state index in [1.807, 2.05) is 35.9 Å². The van der Waals surface area contributed by atoms with E-state index in [4.69, 9.17) is 10.00 Å². The molecule has 27 heavy (non-hydrogen) atoms. The lowest BCUT2D eigenvalue weighted by Crippen LogP contribution is -2.23. The maximum atomic E-state index is 12.2. The van der Waals surface area contributed by atoms with Gasteiger partial charge in [-0.1, -0.05) is 48.0 Å². The Morgan fingerprint density at radius 1 is 1.07 bits per heavy atom. The minimum absolute atomic E-state index is 0.224. The number of nitrogens with zero attached hydrogens (tertiary/aromatic N) is 3. The Bertz CT molecular complexity index is 1040. The first-order chi connectivity index (χ1) is 13.2. The lowest BCUT2D eigenvalue weighted by Gasteiger charge is -2.08. The van der Waals surface area contributed by atoms with Crippen molar-refractivity contribution in [2.75, 3.05) is 6.61 Å². The van der Waals surface area contributed by atoms with Gasteiger partial charge in [0.1, 0.15) is 17.3 Å². The number of ether oxygens (including phenoxy) is 1.